The number of rotatable bonds is 3. The van der Waals surface area contributed by atoms with Gasteiger partial charge in [-0.25, -0.2) is 0 Å². The van der Waals surface area contributed by atoms with E-state index in [0.717, 1.165) is 6.54 Å². The third-order valence-corrected chi connectivity index (χ3v) is 3.32. The van der Waals surface area contributed by atoms with Gasteiger partial charge >= 0.3 is 0 Å². The standard InChI is InChI=1S/C11H19NO4/c1-11(2)15-8-7(6-12-4-5-12)14-10(13-3)9(8)16-11/h7-10H,4-6H2,1-3H3/t7-,8+,9+,10-/m0/s1. The molecule has 0 unspecified atom stereocenters. The summed E-state index contributed by atoms with van der Waals surface area (Å²) in [5, 5.41) is 0. The highest BCUT2D eigenvalue weighted by atomic mass is 16.8. The molecule has 3 fully saturated rings. The van der Waals surface area contributed by atoms with Crippen molar-refractivity contribution in [2.24, 2.45) is 0 Å². The molecule has 0 spiro atoms. The molecule has 0 bridgehead atoms. The number of hydrogen-bond acceptors (Lipinski definition) is 5. The van der Waals surface area contributed by atoms with E-state index >= 15 is 0 Å². The molecule has 0 radical (unpaired) electrons. The second kappa shape index (κ2) is 3.65. The zero-order valence-electron chi connectivity index (χ0n) is 10.0. The van der Waals surface area contributed by atoms with E-state index in [1.54, 1.807) is 7.11 Å². The van der Waals surface area contributed by atoms with E-state index in [9.17, 15) is 0 Å². The Hall–Kier alpha value is -0.200. The van der Waals surface area contributed by atoms with Gasteiger partial charge in [0.15, 0.2) is 12.1 Å². The molecule has 0 aliphatic carbocycles. The maximum Gasteiger partial charge on any atom is 0.186 e. The monoisotopic (exact) mass is 229 g/mol. The maximum absolute atomic E-state index is 5.89. The van der Waals surface area contributed by atoms with E-state index in [1.807, 2.05) is 13.8 Å². The lowest BCUT2D eigenvalue weighted by molar-refractivity contribution is -0.227. The molecular formula is C11H19NO4. The van der Waals surface area contributed by atoms with Gasteiger partial charge in [0.25, 0.3) is 0 Å². The van der Waals surface area contributed by atoms with E-state index in [0.29, 0.717) is 0 Å². The molecule has 4 atom stereocenters. The Morgan fingerprint density at radius 1 is 1.25 bits per heavy atom. The van der Waals surface area contributed by atoms with Crippen LogP contribution in [0.15, 0.2) is 0 Å². The van der Waals surface area contributed by atoms with Crippen molar-refractivity contribution in [1.29, 1.82) is 0 Å². The Bertz CT molecular complexity index is 279. The van der Waals surface area contributed by atoms with E-state index in [-0.39, 0.29) is 24.6 Å². The molecule has 0 aromatic heterocycles. The molecule has 3 aliphatic rings. The van der Waals surface area contributed by atoms with Crippen molar-refractivity contribution in [3.8, 4) is 0 Å². The Morgan fingerprint density at radius 2 is 1.94 bits per heavy atom. The lowest BCUT2D eigenvalue weighted by atomic mass is 10.1. The molecule has 0 aromatic rings. The molecule has 5 nitrogen and oxygen atoms in total. The minimum absolute atomic E-state index is 0.000509. The summed E-state index contributed by atoms with van der Waals surface area (Å²) >= 11 is 0. The molecule has 16 heavy (non-hydrogen) atoms. The van der Waals surface area contributed by atoms with Crippen molar-refractivity contribution in [3.63, 3.8) is 0 Å². The van der Waals surface area contributed by atoms with Gasteiger partial charge in [0.1, 0.15) is 18.3 Å². The SMILES string of the molecule is CO[C@H]1O[C@@H](CN2CC2)[C@H]2OC(C)(C)O[C@@H]12. The summed E-state index contributed by atoms with van der Waals surface area (Å²) in [5.41, 5.74) is 0. The number of nitrogens with zero attached hydrogens (tertiary/aromatic N) is 1. The number of ether oxygens (including phenoxy) is 4. The zero-order chi connectivity index (χ0) is 11.3. The highest BCUT2D eigenvalue weighted by Gasteiger charge is 2.56. The van der Waals surface area contributed by atoms with Crippen molar-refractivity contribution in [1.82, 2.24) is 4.90 Å². The summed E-state index contributed by atoms with van der Waals surface area (Å²) < 4.78 is 22.8. The Labute approximate surface area is 95.6 Å². The first-order valence-electron chi connectivity index (χ1n) is 5.85. The van der Waals surface area contributed by atoms with Crippen LogP contribution in [0.3, 0.4) is 0 Å². The van der Waals surface area contributed by atoms with Gasteiger partial charge in [-0.3, -0.25) is 4.90 Å². The van der Waals surface area contributed by atoms with Crippen molar-refractivity contribution >= 4 is 0 Å². The number of hydrogen-bond donors (Lipinski definition) is 0. The van der Waals surface area contributed by atoms with Crippen molar-refractivity contribution in [2.75, 3.05) is 26.7 Å². The predicted octanol–water partition coefficient (Wildman–Crippen LogP) is 0.193. The van der Waals surface area contributed by atoms with Crippen molar-refractivity contribution < 1.29 is 18.9 Å². The van der Waals surface area contributed by atoms with E-state index in [4.69, 9.17) is 18.9 Å². The molecule has 3 rings (SSSR count). The second-order valence-electron chi connectivity index (χ2n) is 5.14. The fourth-order valence-electron chi connectivity index (χ4n) is 2.49. The summed E-state index contributed by atoms with van der Waals surface area (Å²) in [6.45, 7) is 7.12. The average molecular weight is 229 g/mol. The topological polar surface area (TPSA) is 39.9 Å². The molecule has 3 aliphatic heterocycles. The van der Waals surface area contributed by atoms with Crippen LogP contribution in [-0.4, -0.2) is 62.0 Å². The van der Waals surface area contributed by atoms with Gasteiger partial charge in [0.2, 0.25) is 0 Å². The minimum atomic E-state index is -0.521. The molecule has 0 amide bonds. The van der Waals surface area contributed by atoms with Crippen LogP contribution in [0.25, 0.3) is 0 Å². The molecule has 0 N–H and O–H groups in total. The van der Waals surface area contributed by atoms with Crippen LogP contribution < -0.4 is 0 Å². The lowest BCUT2D eigenvalue weighted by Crippen LogP contribution is -2.34. The van der Waals surface area contributed by atoms with Crippen LogP contribution in [0.4, 0.5) is 0 Å². The summed E-state index contributed by atoms with van der Waals surface area (Å²) in [7, 11) is 1.65. The minimum Gasteiger partial charge on any atom is -0.353 e. The smallest absolute Gasteiger partial charge is 0.186 e. The van der Waals surface area contributed by atoms with E-state index < -0.39 is 5.79 Å². The molecular weight excluding hydrogens is 210 g/mol. The van der Waals surface area contributed by atoms with Crippen LogP contribution in [0.2, 0.25) is 0 Å². The first kappa shape index (κ1) is 10.9. The van der Waals surface area contributed by atoms with E-state index in [2.05, 4.69) is 4.90 Å². The van der Waals surface area contributed by atoms with Gasteiger partial charge in [0, 0.05) is 26.7 Å². The quantitative estimate of drug-likeness (QED) is 0.646. The first-order valence-corrected chi connectivity index (χ1v) is 5.85. The Morgan fingerprint density at radius 3 is 2.56 bits per heavy atom. The van der Waals surface area contributed by atoms with Crippen molar-refractivity contribution in [2.45, 2.75) is 44.2 Å². The number of methoxy groups -OCH3 is 1. The predicted molar refractivity (Wildman–Crippen MR) is 55.9 cm³/mol. The van der Waals surface area contributed by atoms with Crippen LogP contribution in [0.5, 0.6) is 0 Å². The highest BCUT2D eigenvalue weighted by Crippen LogP contribution is 2.39. The third-order valence-electron chi connectivity index (χ3n) is 3.32. The molecule has 0 aromatic carbocycles. The first-order chi connectivity index (χ1) is 7.59. The van der Waals surface area contributed by atoms with E-state index in [1.165, 1.54) is 13.1 Å². The van der Waals surface area contributed by atoms with Gasteiger partial charge in [-0.2, -0.15) is 0 Å². The van der Waals surface area contributed by atoms with Gasteiger partial charge < -0.3 is 18.9 Å². The van der Waals surface area contributed by atoms with Crippen molar-refractivity contribution in [3.05, 3.63) is 0 Å². The fraction of sp³-hybridized carbons (Fsp3) is 1.00. The lowest BCUT2D eigenvalue weighted by Gasteiger charge is -2.23. The largest absolute Gasteiger partial charge is 0.353 e. The normalized spacial score (nSPS) is 45.9. The molecule has 92 valence electrons. The summed E-state index contributed by atoms with van der Waals surface area (Å²) in [4.78, 5) is 2.33. The summed E-state index contributed by atoms with van der Waals surface area (Å²) in [6.07, 6.45) is -0.318. The van der Waals surface area contributed by atoms with Crippen LogP contribution in [0, 0.1) is 0 Å². The third kappa shape index (κ3) is 1.87. The van der Waals surface area contributed by atoms with Gasteiger partial charge in [-0.05, 0) is 13.8 Å². The number of fused-ring (bicyclic) bond motifs is 1. The second-order valence-corrected chi connectivity index (χ2v) is 5.14. The fourth-order valence-corrected chi connectivity index (χ4v) is 2.49. The molecule has 5 heteroatoms. The summed E-state index contributed by atoms with van der Waals surface area (Å²) in [5.74, 6) is -0.521. The summed E-state index contributed by atoms with van der Waals surface area (Å²) in [6, 6.07) is 0. The molecule has 3 saturated heterocycles. The Balaban J connectivity index is 1.72. The average Bonchev–Trinajstić information content (AvgIpc) is 2.89. The molecule has 3 heterocycles. The van der Waals surface area contributed by atoms with Crippen LogP contribution in [-0.2, 0) is 18.9 Å². The Kier molecular flexibility index (Phi) is 2.49. The van der Waals surface area contributed by atoms with Crippen LogP contribution >= 0.6 is 0 Å². The maximum atomic E-state index is 5.89. The van der Waals surface area contributed by atoms with Crippen LogP contribution in [0.1, 0.15) is 13.8 Å². The van der Waals surface area contributed by atoms with Gasteiger partial charge in [-0.15, -0.1) is 0 Å². The van der Waals surface area contributed by atoms with Gasteiger partial charge in [-0.1, -0.05) is 0 Å². The molecule has 0 saturated carbocycles. The van der Waals surface area contributed by atoms with Gasteiger partial charge in [0.05, 0.1) is 0 Å². The highest BCUT2D eigenvalue weighted by molar-refractivity contribution is 4.97. The zero-order valence-corrected chi connectivity index (χ0v) is 10.0.